The molecular formula is C19H22N4O3. The fourth-order valence-corrected chi connectivity index (χ4v) is 2.75. The Morgan fingerprint density at radius 1 is 1.31 bits per heavy atom. The van der Waals surface area contributed by atoms with Crippen LogP contribution in [0.15, 0.2) is 33.6 Å². The molecule has 0 saturated heterocycles. The van der Waals surface area contributed by atoms with Gasteiger partial charge in [0.2, 0.25) is 17.6 Å². The molecule has 0 radical (unpaired) electrons. The summed E-state index contributed by atoms with van der Waals surface area (Å²) in [6.07, 6.45) is 1.49. The maximum Gasteiger partial charge on any atom is 0.259 e. The van der Waals surface area contributed by atoms with Crippen molar-refractivity contribution in [1.82, 2.24) is 20.4 Å². The molecule has 2 heterocycles. The molecule has 7 nitrogen and oxygen atoms in total. The number of nitrogens with zero attached hydrogens (tertiary/aromatic N) is 2. The Labute approximate surface area is 150 Å². The summed E-state index contributed by atoms with van der Waals surface area (Å²) in [7, 11) is 0. The van der Waals surface area contributed by atoms with Crippen molar-refractivity contribution in [3.05, 3.63) is 46.1 Å². The van der Waals surface area contributed by atoms with Crippen LogP contribution in [-0.4, -0.2) is 27.1 Å². The third-order valence-electron chi connectivity index (χ3n) is 3.95. The fourth-order valence-electron chi connectivity index (χ4n) is 2.75. The van der Waals surface area contributed by atoms with Gasteiger partial charge in [-0.1, -0.05) is 16.8 Å². The highest BCUT2D eigenvalue weighted by atomic mass is 16.5. The second kappa shape index (κ2) is 7.51. The number of pyridine rings is 1. The molecule has 3 rings (SSSR count). The number of benzene rings is 1. The number of aryl methyl sites for hydroxylation is 2. The Bertz CT molecular complexity index is 988. The summed E-state index contributed by atoms with van der Waals surface area (Å²) in [5.74, 6) is 0.679. The highest BCUT2D eigenvalue weighted by molar-refractivity contribution is 5.82. The van der Waals surface area contributed by atoms with E-state index in [1.807, 2.05) is 39.0 Å². The lowest BCUT2D eigenvalue weighted by molar-refractivity contribution is -0.121. The summed E-state index contributed by atoms with van der Waals surface area (Å²) in [5, 5.41) is 7.67. The number of carbonyl (C=O) groups excluding carboxylic acids is 1. The smallest absolute Gasteiger partial charge is 0.259 e. The first kappa shape index (κ1) is 17.8. The number of aromatic amines is 1. The Kier molecular flexibility index (Phi) is 5.16. The van der Waals surface area contributed by atoms with Crippen LogP contribution in [0.3, 0.4) is 0 Å². The van der Waals surface area contributed by atoms with E-state index in [-0.39, 0.29) is 23.3 Å². The molecule has 136 valence electrons. The number of carbonyl (C=O) groups is 1. The first-order valence-corrected chi connectivity index (χ1v) is 8.68. The van der Waals surface area contributed by atoms with Crippen molar-refractivity contribution in [1.29, 1.82) is 0 Å². The molecule has 0 fully saturated rings. The average Bonchev–Trinajstić information content (AvgIpc) is 3.02. The standard InChI is InChI=1S/C19H22N4O3/c1-11(2)20-16(24)5-4-6-17-22-18(23-26-17)14-10-13-9-12(3)7-8-15(13)21-19(14)25/h7-11H,4-6H2,1-3H3,(H,20,24)(H,21,25). The predicted octanol–water partition coefficient (Wildman–Crippen LogP) is 2.73. The SMILES string of the molecule is Cc1ccc2[nH]c(=O)c(-c3noc(CCCC(=O)NC(C)C)n3)cc2c1. The lowest BCUT2D eigenvalue weighted by Gasteiger charge is -2.06. The van der Waals surface area contributed by atoms with Crippen molar-refractivity contribution < 1.29 is 9.32 Å². The molecule has 1 amide bonds. The van der Waals surface area contributed by atoms with Crippen molar-refractivity contribution in [3.8, 4) is 11.4 Å². The van der Waals surface area contributed by atoms with Gasteiger partial charge in [0.05, 0.1) is 5.56 Å². The molecule has 1 aromatic carbocycles. The van der Waals surface area contributed by atoms with Crippen LogP contribution >= 0.6 is 0 Å². The number of hydrogen-bond donors (Lipinski definition) is 2. The highest BCUT2D eigenvalue weighted by Gasteiger charge is 2.14. The number of fused-ring (bicyclic) bond motifs is 1. The summed E-state index contributed by atoms with van der Waals surface area (Å²) in [5.41, 5.74) is 1.98. The van der Waals surface area contributed by atoms with Crippen LogP contribution in [0, 0.1) is 6.92 Å². The van der Waals surface area contributed by atoms with Gasteiger partial charge in [-0.3, -0.25) is 9.59 Å². The van der Waals surface area contributed by atoms with Gasteiger partial charge in [0, 0.05) is 24.4 Å². The molecule has 0 aliphatic carbocycles. The zero-order chi connectivity index (χ0) is 18.7. The van der Waals surface area contributed by atoms with Crippen LogP contribution in [0.2, 0.25) is 0 Å². The second-order valence-electron chi connectivity index (χ2n) is 6.69. The van der Waals surface area contributed by atoms with Gasteiger partial charge >= 0.3 is 0 Å². The molecule has 26 heavy (non-hydrogen) atoms. The third-order valence-corrected chi connectivity index (χ3v) is 3.95. The van der Waals surface area contributed by atoms with Gasteiger partial charge in [0.1, 0.15) is 0 Å². The molecule has 7 heteroatoms. The monoisotopic (exact) mass is 354 g/mol. The maximum absolute atomic E-state index is 12.3. The highest BCUT2D eigenvalue weighted by Crippen LogP contribution is 2.19. The normalized spacial score (nSPS) is 11.2. The van der Waals surface area contributed by atoms with Crippen molar-refractivity contribution in [2.24, 2.45) is 0 Å². The van der Waals surface area contributed by atoms with E-state index in [0.29, 0.717) is 30.7 Å². The predicted molar refractivity (Wildman–Crippen MR) is 98.8 cm³/mol. The van der Waals surface area contributed by atoms with Gasteiger partial charge in [0.25, 0.3) is 5.56 Å². The van der Waals surface area contributed by atoms with Gasteiger partial charge < -0.3 is 14.8 Å². The fraction of sp³-hybridized carbons (Fsp3) is 0.368. The molecule has 0 aliphatic rings. The molecule has 0 spiro atoms. The van der Waals surface area contributed by atoms with Gasteiger partial charge in [-0.25, -0.2) is 0 Å². The Hall–Kier alpha value is -2.96. The molecule has 0 bridgehead atoms. The van der Waals surface area contributed by atoms with Crippen molar-refractivity contribution in [2.45, 2.75) is 46.1 Å². The van der Waals surface area contributed by atoms with Crippen LogP contribution < -0.4 is 10.9 Å². The molecule has 0 aliphatic heterocycles. The zero-order valence-electron chi connectivity index (χ0n) is 15.1. The van der Waals surface area contributed by atoms with E-state index < -0.39 is 0 Å². The van der Waals surface area contributed by atoms with Gasteiger partial charge in [-0.05, 0) is 50.8 Å². The van der Waals surface area contributed by atoms with E-state index in [1.54, 1.807) is 6.07 Å². The summed E-state index contributed by atoms with van der Waals surface area (Å²) >= 11 is 0. The summed E-state index contributed by atoms with van der Waals surface area (Å²) < 4.78 is 5.23. The third kappa shape index (κ3) is 4.17. The van der Waals surface area contributed by atoms with Gasteiger partial charge in [-0.15, -0.1) is 0 Å². The van der Waals surface area contributed by atoms with Gasteiger partial charge in [0.15, 0.2) is 0 Å². The number of H-pyrrole nitrogens is 1. The summed E-state index contributed by atoms with van der Waals surface area (Å²) in [6.45, 7) is 5.83. The first-order chi connectivity index (χ1) is 12.4. The van der Waals surface area contributed by atoms with Crippen molar-refractivity contribution in [3.63, 3.8) is 0 Å². The average molecular weight is 354 g/mol. The van der Waals surface area contributed by atoms with Crippen LogP contribution in [0.5, 0.6) is 0 Å². The van der Waals surface area contributed by atoms with E-state index >= 15 is 0 Å². The Balaban J connectivity index is 1.73. The minimum absolute atomic E-state index is 0.00100. The minimum atomic E-state index is -0.259. The molecule has 2 N–H and O–H groups in total. The number of hydrogen-bond acceptors (Lipinski definition) is 5. The molecule has 0 atom stereocenters. The lowest BCUT2D eigenvalue weighted by atomic mass is 10.1. The molecule has 0 saturated carbocycles. The van der Waals surface area contributed by atoms with Crippen LogP contribution in [0.25, 0.3) is 22.3 Å². The van der Waals surface area contributed by atoms with Crippen LogP contribution in [-0.2, 0) is 11.2 Å². The molecule has 0 unspecified atom stereocenters. The first-order valence-electron chi connectivity index (χ1n) is 8.68. The number of nitrogens with one attached hydrogen (secondary N) is 2. The minimum Gasteiger partial charge on any atom is -0.354 e. The number of rotatable bonds is 6. The summed E-state index contributed by atoms with van der Waals surface area (Å²) in [6, 6.07) is 7.70. The van der Waals surface area contributed by atoms with E-state index in [4.69, 9.17) is 4.52 Å². The van der Waals surface area contributed by atoms with Crippen LogP contribution in [0.4, 0.5) is 0 Å². The lowest BCUT2D eigenvalue weighted by Crippen LogP contribution is -2.29. The van der Waals surface area contributed by atoms with E-state index in [1.165, 1.54) is 0 Å². The Morgan fingerprint density at radius 3 is 2.88 bits per heavy atom. The summed E-state index contributed by atoms with van der Waals surface area (Å²) in [4.78, 5) is 31.1. The number of amides is 1. The molecule has 2 aromatic heterocycles. The zero-order valence-corrected chi connectivity index (χ0v) is 15.1. The molecular weight excluding hydrogens is 332 g/mol. The maximum atomic E-state index is 12.3. The molecule has 3 aromatic rings. The Morgan fingerprint density at radius 2 is 2.12 bits per heavy atom. The second-order valence-corrected chi connectivity index (χ2v) is 6.69. The largest absolute Gasteiger partial charge is 0.354 e. The van der Waals surface area contributed by atoms with E-state index in [0.717, 1.165) is 16.5 Å². The van der Waals surface area contributed by atoms with Crippen LogP contribution in [0.1, 0.15) is 38.1 Å². The quantitative estimate of drug-likeness (QED) is 0.709. The van der Waals surface area contributed by atoms with E-state index in [2.05, 4.69) is 20.4 Å². The van der Waals surface area contributed by atoms with Gasteiger partial charge in [-0.2, -0.15) is 4.98 Å². The van der Waals surface area contributed by atoms with Crippen molar-refractivity contribution >= 4 is 16.8 Å². The van der Waals surface area contributed by atoms with E-state index in [9.17, 15) is 9.59 Å². The topological polar surface area (TPSA) is 101 Å². The van der Waals surface area contributed by atoms with Crippen molar-refractivity contribution in [2.75, 3.05) is 0 Å². The number of aromatic nitrogens is 3.